The van der Waals surface area contributed by atoms with Crippen LogP contribution in [0.25, 0.3) is 22.3 Å². The van der Waals surface area contributed by atoms with Crippen LogP contribution in [-0.2, 0) is 33.0 Å². The molecule has 0 unspecified atom stereocenters. The molecule has 0 aliphatic heterocycles. The number of sulfonamides is 1. The summed E-state index contributed by atoms with van der Waals surface area (Å²) >= 11 is 0. The average molecular weight is 533 g/mol. The van der Waals surface area contributed by atoms with Gasteiger partial charge in [-0.2, -0.15) is 5.10 Å². The van der Waals surface area contributed by atoms with E-state index >= 15 is 0 Å². The number of benzene rings is 3. The molecular formula is C28H28N4O5S. The highest BCUT2D eigenvalue weighted by Crippen LogP contribution is 2.30. The second kappa shape index (κ2) is 11.3. The second-order valence-corrected chi connectivity index (χ2v) is 10.6. The Morgan fingerprint density at radius 1 is 0.921 bits per heavy atom. The number of anilines is 1. The predicted molar refractivity (Wildman–Crippen MR) is 146 cm³/mol. The number of nitrogens with one attached hydrogen (secondary N) is 2. The van der Waals surface area contributed by atoms with Crippen LogP contribution in [0, 0.1) is 0 Å². The fourth-order valence-corrected chi connectivity index (χ4v) is 4.45. The van der Waals surface area contributed by atoms with Gasteiger partial charge in [0.05, 0.1) is 18.9 Å². The van der Waals surface area contributed by atoms with Crippen LogP contribution >= 0.6 is 0 Å². The SMILES string of the molecule is C[C@@H](OC(=O)Nc1c(-c2ccc(-c3ccc(CC(=O)NS(C)(=O)=O)cc3)cc2)cnn1C)c1ccccc1. The summed E-state index contributed by atoms with van der Waals surface area (Å²) in [5.41, 5.74) is 5.10. The van der Waals surface area contributed by atoms with Crippen LogP contribution in [0.2, 0.25) is 0 Å². The predicted octanol–water partition coefficient (Wildman–Crippen LogP) is 4.68. The number of nitrogens with zero attached hydrogens (tertiary/aromatic N) is 2. The maximum absolute atomic E-state index is 12.6. The van der Waals surface area contributed by atoms with E-state index in [0.29, 0.717) is 11.4 Å². The second-order valence-electron chi connectivity index (χ2n) is 8.86. The third kappa shape index (κ3) is 6.86. The van der Waals surface area contributed by atoms with Crippen molar-refractivity contribution in [3.63, 3.8) is 0 Å². The quantitative estimate of drug-likeness (QED) is 0.340. The van der Waals surface area contributed by atoms with E-state index in [9.17, 15) is 18.0 Å². The summed E-state index contributed by atoms with van der Waals surface area (Å²) in [5.74, 6) is -0.0661. The Labute approximate surface area is 221 Å². The minimum Gasteiger partial charge on any atom is -0.441 e. The van der Waals surface area contributed by atoms with Crippen molar-refractivity contribution in [1.82, 2.24) is 14.5 Å². The zero-order chi connectivity index (χ0) is 27.3. The largest absolute Gasteiger partial charge is 0.441 e. The van der Waals surface area contributed by atoms with Crippen LogP contribution in [0.3, 0.4) is 0 Å². The van der Waals surface area contributed by atoms with Gasteiger partial charge in [0.2, 0.25) is 15.9 Å². The number of hydrogen-bond donors (Lipinski definition) is 2. The van der Waals surface area contributed by atoms with Crippen LogP contribution in [0.15, 0.2) is 85.1 Å². The van der Waals surface area contributed by atoms with Crippen molar-refractivity contribution in [1.29, 1.82) is 0 Å². The van der Waals surface area contributed by atoms with E-state index in [-0.39, 0.29) is 6.42 Å². The lowest BCUT2D eigenvalue weighted by Crippen LogP contribution is -2.30. The summed E-state index contributed by atoms with van der Waals surface area (Å²) < 4.78 is 31.5. The fraction of sp³-hybridized carbons (Fsp3) is 0.179. The Bertz CT molecular complexity index is 1530. The van der Waals surface area contributed by atoms with Gasteiger partial charge in [0.1, 0.15) is 11.9 Å². The molecule has 2 N–H and O–H groups in total. The number of rotatable bonds is 8. The van der Waals surface area contributed by atoms with E-state index in [4.69, 9.17) is 4.74 Å². The summed E-state index contributed by atoms with van der Waals surface area (Å²) in [6.07, 6.45) is 1.61. The molecule has 196 valence electrons. The highest BCUT2D eigenvalue weighted by Gasteiger charge is 2.17. The number of amides is 2. The summed E-state index contributed by atoms with van der Waals surface area (Å²) in [7, 11) is -1.84. The molecule has 10 heteroatoms. The van der Waals surface area contributed by atoms with Crippen molar-refractivity contribution in [2.45, 2.75) is 19.4 Å². The monoisotopic (exact) mass is 532 g/mol. The highest BCUT2D eigenvalue weighted by molar-refractivity contribution is 7.89. The van der Waals surface area contributed by atoms with Gasteiger partial charge in [0, 0.05) is 12.6 Å². The lowest BCUT2D eigenvalue weighted by atomic mass is 10.00. The van der Waals surface area contributed by atoms with Crippen molar-refractivity contribution < 1.29 is 22.7 Å². The van der Waals surface area contributed by atoms with Gasteiger partial charge in [-0.3, -0.25) is 19.5 Å². The number of hydrogen-bond acceptors (Lipinski definition) is 6. The fourth-order valence-electron chi connectivity index (χ4n) is 3.96. The molecule has 2 amide bonds. The molecule has 4 aromatic rings. The first-order chi connectivity index (χ1) is 18.1. The molecule has 9 nitrogen and oxygen atoms in total. The topological polar surface area (TPSA) is 119 Å². The molecule has 1 aromatic heterocycles. The molecule has 0 saturated carbocycles. The molecule has 0 fully saturated rings. The van der Waals surface area contributed by atoms with Crippen molar-refractivity contribution >= 4 is 27.8 Å². The molecule has 1 heterocycles. The standard InChI is InChI=1S/C28H28N4O5S/c1-19(21-7-5-4-6-8-21)37-28(34)30-27-25(18-29-32(27)2)24-15-13-23(14-16-24)22-11-9-20(10-12-22)17-26(33)31-38(3,35)36/h4-16,18-19H,17H2,1-3H3,(H,30,34)(H,31,33)/t19-/m1/s1. The van der Waals surface area contributed by atoms with Gasteiger partial charge in [0.25, 0.3) is 0 Å². The molecule has 0 saturated heterocycles. The van der Waals surface area contributed by atoms with E-state index in [1.165, 1.54) is 0 Å². The molecule has 0 bridgehead atoms. The number of ether oxygens (including phenoxy) is 1. The van der Waals surface area contributed by atoms with Crippen molar-refractivity contribution in [2.24, 2.45) is 7.05 Å². The molecule has 0 spiro atoms. The van der Waals surface area contributed by atoms with E-state index in [0.717, 1.165) is 34.1 Å². The lowest BCUT2D eigenvalue weighted by Gasteiger charge is -2.15. The van der Waals surface area contributed by atoms with Crippen LogP contribution in [0.4, 0.5) is 10.6 Å². The number of aryl methyl sites for hydroxylation is 1. The summed E-state index contributed by atoms with van der Waals surface area (Å²) in [6.45, 7) is 1.81. The highest BCUT2D eigenvalue weighted by atomic mass is 32.2. The third-order valence-corrected chi connectivity index (χ3v) is 6.46. The Hall–Kier alpha value is -4.44. The molecule has 1 atom stereocenters. The van der Waals surface area contributed by atoms with Crippen LogP contribution < -0.4 is 10.0 Å². The maximum Gasteiger partial charge on any atom is 0.413 e. The smallest absolute Gasteiger partial charge is 0.413 e. The zero-order valence-corrected chi connectivity index (χ0v) is 22.0. The van der Waals surface area contributed by atoms with Gasteiger partial charge in [-0.1, -0.05) is 78.9 Å². The van der Waals surface area contributed by atoms with Crippen LogP contribution in [0.5, 0.6) is 0 Å². The minimum atomic E-state index is -3.58. The van der Waals surface area contributed by atoms with Crippen LogP contribution in [-0.4, -0.2) is 36.5 Å². The third-order valence-electron chi connectivity index (χ3n) is 5.86. The van der Waals surface area contributed by atoms with Gasteiger partial charge in [-0.05, 0) is 34.7 Å². The molecule has 0 aliphatic carbocycles. The van der Waals surface area contributed by atoms with Gasteiger partial charge in [-0.25, -0.2) is 13.2 Å². The molecule has 0 aliphatic rings. The Kier molecular flexibility index (Phi) is 7.92. The van der Waals surface area contributed by atoms with Crippen molar-refractivity contribution in [2.75, 3.05) is 11.6 Å². The van der Waals surface area contributed by atoms with E-state index in [1.54, 1.807) is 30.1 Å². The summed E-state index contributed by atoms with van der Waals surface area (Å²) in [6, 6.07) is 24.6. The number of carbonyl (C=O) groups excluding carboxylic acids is 2. The zero-order valence-electron chi connectivity index (χ0n) is 21.2. The first kappa shape index (κ1) is 26.6. The lowest BCUT2D eigenvalue weighted by molar-refractivity contribution is -0.118. The van der Waals surface area contributed by atoms with Crippen molar-refractivity contribution in [3.8, 4) is 22.3 Å². The van der Waals surface area contributed by atoms with E-state index in [1.807, 2.05) is 78.4 Å². The van der Waals surface area contributed by atoms with Gasteiger partial charge >= 0.3 is 6.09 Å². The minimum absolute atomic E-state index is 0.0321. The Morgan fingerprint density at radius 2 is 1.50 bits per heavy atom. The molecule has 0 radical (unpaired) electrons. The average Bonchev–Trinajstić information content (AvgIpc) is 3.23. The first-order valence-electron chi connectivity index (χ1n) is 11.8. The van der Waals surface area contributed by atoms with E-state index in [2.05, 4.69) is 10.4 Å². The molecule has 38 heavy (non-hydrogen) atoms. The summed E-state index contributed by atoms with van der Waals surface area (Å²) in [4.78, 5) is 24.4. The van der Waals surface area contributed by atoms with Gasteiger partial charge in [-0.15, -0.1) is 0 Å². The number of carbonyl (C=O) groups is 2. The summed E-state index contributed by atoms with van der Waals surface area (Å²) in [5, 5.41) is 7.10. The Balaban J connectivity index is 1.44. The molecule has 4 rings (SSSR count). The Morgan fingerprint density at radius 3 is 2.11 bits per heavy atom. The molecular weight excluding hydrogens is 504 g/mol. The van der Waals surface area contributed by atoms with Gasteiger partial charge < -0.3 is 4.74 Å². The first-order valence-corrected chi connectivity index (χ1v) is 13.7. The van der Waals surface area contributed by atoms with Gasteiger partial charge in [0.15, 0.2) is 0 Å². The van der Waals surface area contributed by atoms with Crippen LogP contribution in [0.1, 0.15) is 24.2 Å². The maximum atomic E-state index is 12.6. The normalized spacial score (nSPS) is 12.0. The molecule has 3 aromatic carbocycles. The van der Waals surface area contributed by atoms with E-state index < -0.39 is 28.1 Å². The number of aromatic nitrogens is 2. The van der Waals surface area contributed by atoms with Crippen molar-refractivity contribution in [3.05, 3.63) is 96.2 Å².